The average Bonchev–Trinajstić information content (AvgIpc) is 3.71. The van der Waals surface area contributed by atoms with E-state index in [-0.39, 0.29) is 0 Å². The first kappa shape index (κ1) is 44.0. The van der Waals surface area contributed by atoms with Gasteiger partial charge in [-0.3, -0.25) is 0 Å². The van der Waals surface area contributed by atoms with Crippen molar-refractivity contribution < 1.29 is 0 Å². The first-order valence-electron chi connectivity index (χ1n) is 22.6. The Bertz CT molecular complexity index is 3410. The minimum absolute atomic E-state index is 0.664. The predicted octanol–water partition coefficient (Wildman–Crippen LogP) is -13.9. The van der Waals surface area contributed by atoms with Crippen LogP contribution in [0.4, 0.5) is 0 Å². The molecule has 0 N–H and O–H groups in total. The fourth-order valence-electron chi connectivity index (χ4n) is 10.5. The van der Waals surface area contributed by atoms with E-state index in [1.54, 1.807) is 0 Å². The normalized spacial score (nSPS) is 11.4. The van der Waals surface area contributed by atoms with Gasteiger partial charge in [0.05, 0.1) is 0 Å². The van der Waals surface area contributed by atoms with Gasteiger partial charge in [-0.15, -0.1) is 33.2 Å². The Labute approximate surface area is 396 Å². The highest BCUT2D eigenvalue weighted by Gasteiger charge is 2.27. The van der Waals surface area contributed by atoms with E-state index >= 15 is 0 Å². The standard InChI is InChI=1S/C45H44B15N3S/c46-26-19(20-27(47)29(49)21(30(50)28(20)48)22-32(52)37(57)33(53)23-24-34(54)38(58)39(59)40(60)42(24)64-41(22)23)31(51)36(56)35(55)25(26)45-62-43(17-9-5-2-6-10-17)61-44(63-45)18-13-11-16(12-14-18)15-7-3-1-4-8-15/h1-14H,46-60H2. The van der Waals surface area contributed by atoms with E-state index in [9.17, 15) is 0 Å². The van der Waals surface area contributed by atoms with Gasteiger partial charge in [-0.1, -0.05) is 145 Å². The van der Waals surface area contributed by atoms with Gasteiger partial charge in [0, 0.05) is 26.1 Å². The summed E-state index contributed by atoms with van der Waals surface area (Å²) in [5.41, 5.74) is 30.8. The van der Waals surface area contributed by atoms with Crippen molar-refractivity contribution in [2.75, 3.05) is 0 Å². The smallest absolute Gasteiger partial charge is 0.164 e. The molecular formula is C45H44B15N3S. The van der Waals surface area contributed by atoms with Crippen LogP contribution in [0.15, 0.2) is 84.9 Å². The van der Waals surface area contributed by atoms with Crippen LogP contribution in [0.25, 0.3) is 87.7 Å². The van der Waals surface area contributed by atoms with E-state index in [0.717, 1.165) is 22.3 Å². The van der Waals surface area contributed by atoms with Crippen molar-refractivity contribution in [1.82, 2.24) is 15.0 Å². The summed E-state index contributed by atoms with van der Waals surface area (Å²) >= 11 is 2.00. The molecule has 0 saturated carbocycles. The van der Waals surface area contributed by atoms with Gasteiger partial charge in [-0.25, -0.2) is 15.0 Å². The van der Waals surface area contributed by atoms with Gasteiger partial charge in [-0.05, 0) is 44.2 Å². The van der Waals surface area contributed by atoms with Gasteiger partial charge in [0.2, 0.25) is 0 Å². The van der Waals surface area contributed by atoms with E-state index in [2.05, 4.69) is 184 Å². The molecule has 0 bridgehead atoms. The summed E-state index contributed by atoms with van der Waals surface area (Å²) in [6.45, 7) is 0. The van der Waals surface area contributed by atoms with E-state index in [1.165, 1.54) is 130 Å². The first-order valence-corrected chi connectivity index (χ1v) is 23.5. The molecule has 0 atom stereocenters. The lowest BCUT2D eigenvalue weighted by atomic mass is 9.56. The molecule has 2 heterocycles. The van der Waals surface area contributed by atoms with Crippen LogP contribution in [-0.4, -0.2) is 133 Å². The molecule has 9 rings (SSSR count). The third kappa shape index (κ3) is 6.82. The third-order valence-electron chi connectivity index (χ3n) is 15.3. The summed E-state index contributed by atoms with van der Waals surface area (Å²) in [6, 6.07) is 29.4. The summed E-state index contributed by atoms with van der Waals surface area (Å²) in [4.78, 5) is 15.8. The summed E-state index contributed by atoms with van der Waals surface area (Å²) in [7, 11) is 34.8. The monoisotopic (exact) mass is 823 g/mol. The fraction of sp³-hybridized carbons (Fsp3) is 0. The molecule has 0 unspecified atom stereocenters. The second-order valence-electron chi connectivity index (χ2n) is 18.4. The van der Waals surface area contributed by atoms with Crippen molar-refractivity contribution in [1.29, 1.82) is 0 Å². The second kappa shape index (κ2) is 16.6. The molecule has 0 saturated heterocycles. The zero-order chi connectivity index (χ0) is 45.6. The second-order valence-corrected chi connectivity index (χ2v) is 19.4. The summed E-state index contributed by atoms with van der Waals surface area (Å²) < 4.78 is 2.85. The Kier molecular flexibility index (Phi) is 11.4. The highest BCUT2D eigenvalue weighted by atomic mass is 32.1. The lowest BCUT2D eigenvalue weighted by molar-refractivity contribution is 1.08. The molecular weight excluding hydrogens is 777 g/mol. The summed E-state index contributed by atoms with van der Waals surface area (Å²) in [5.74, 6) is 2.03. The molecule has 0 radical (unpaired) electrons. The molecule has 0 aliphatic carbocycles. The zero-order valence-corrected chi connectivity index (χ0v) is 41.1. The van der Waals surface area contributed by atoms with Crippen LogP contribution in [0.3, 0.4) is 0 Å². The first-order chi connectivity index (χ1) is 30.5. The zero-order valence-electron chi connectivity index (χ0n) is 40.3. The number of nitrogens with zero attached hydrogens (tertiary/aromatic N) is 3. The number of hydrogen-bond acceptors (Lipinski definition) is 4. The number of fused-ring (bicyclic) bond motifs is 3. The molecule has 0 aliphatic rings. The van der Waals surface area contributed by atoms with Gasteiger partial charge in [0.15, 0.2) is 17.5 Å². The van der Waals surface area contributed by atoms with Crippen molar-refractivity contribution in [2.24, 2.45) is 0 Å². The minimum Gasteiger partial charge on any atom is -0.208 e. The van der Waals surface area contributed by atoms with Crippen LogP contribution in [0.5, 0.6) is 0 Å². The van der Waals surface area contributed by atoms with Crippen LogP contribution in [0.2, 0.25) is 0 Å². The van der Waals surface area contributed by atoms with Crippen LogP contribution in [-0.2, 0) is 0 Å². The Hall–Kier alpha value is -5.26. The van der Waals surface area contributed by atoms with E-state index in [0.29, 0.717) is 17.5 Å². The van der Waals surface area contributed by atoms with Gasteiger partial charge in [0.1, 0.15) is 118 Å². The molecule has 7 aromatic carbocycles. The van der Waals surface area contributed by atoms with Crippen molar-refractivity contribution in [3.63, 3.8) is 0 Å². The molecule has 0 spiro atoms. The van der Waals surface area contributed by atoms with Crippen molar-refractivity contribution in [3.8, 4) is 67.5 Å². The molecule has 0 fully saturated rings. The largest absolute Gasteiger partial charge is 0.208 e. The van der Waals surface area contributed by atoms with E-state index < -0.39 is 0 Å². The lowest BCUT2D eigenvalue weighted by Gasteiger charge is -2.29. The maximum atomic E-state index is 5.34. The van der Waals surface area contributed by atoms with Gasteiger partial charge < -0.3 is 0 Å². The highest BCUT2D eigenvalue weighted by molar-refractivity contribution is 7.28. The van der Waals surface area contributed by atoms with Gasteiger partial charge in [-0.2, -0.15) is 0 Å². The molecule has 19 heteroatoms. The van der Waals surface area contributed by atoms with Crippen LogP contribution in [0.1, 0.15) is 0 Å². The van der Waals surface area contributed by atoms with Crippen LogP contribution in [0, 0.1) is 0 Å². The Morgan fingerprint density at radius 2 is 0.578 bits per heavy atom. The average molecular weight is 821 g/mol. The number of thiophene rings is 1. The van der Waals surface area contributed by atoms with E-state index in [4.69, 9.17) is 15.0 Å². The number of benzene rings is 7. The number of hydrogen-bond donors (Lipinski definition) is 0. The molecule has 64 heavy (non-hydrogen) atoms. The Morgan fingerprint density at radius 3 is 1.12 bits per heavy atom. The minimum atomic E-state index is 0.664. The molecule has 2 aromatic heterocycles. The van der Waals surface area contributed by atoms with Gasteiger partial charge >= 0.3 is 0 Å². The quantitative estimate of drug-likeness (QED) is 0.157. The van der Waals surface area contributed by atoms with Crippen LogP contribution < -0.4 is 81.9 Å². The SMILES string of the molecule is Bc1c(B)c(-c2nc(-c3ccccc3)nc(-c3ccc(-c4ccccc4)cc3)n2)c(B)c(-c2c(B)c(B)c(-c3c(B)c(B)c(B)c4c3sc3c(B)c(B)c(B)c(B)c34)c(B)c2B)c1B. The highest BCUT2D eigenvalue weighted by Crippen LogP contribution is 2.35. The number of rotatable bonds is 6. The lowest BCUT2D eigenvalue weighted by Crippen LogP contribution is -2.51. The maximum Gasteiger partial charge on any atom is 0.164 e. The fourth-order valence-corrected chi connectivity index (χ4v) is 12.1. The van der Waals surface area contributed by atoms with Gasteiger partial charge in [0.25, 0.3) is 0 Å². The molecule has 3 nitrogen and oxygen atoms in total. The van der Waals surface area contributed by atoms with Crippen molar-refractivity contribution in [2.45, 2.75) is 0 Å². The maximum absolute atomic E-state index is 5.34. The Morgan fingerprint density at radius 1 is 0.250 bits per heavy atom. The number of aromatic nitrogens is 3. The van der Waals surface area contributed by atoms with Crippen LogP contribution >= 0.6 is 11.3 Å². The molecule has 0 aliphatic heterocycles. The van der Waals surface area contributed by atoms with E-state index in [1.807, 2.05) is 29.5 Å². The van der Waals surface area contributed by atoms with Crippen molar-refractivity contribution >= 4 is 231 Å². The topological polar surface area (TPSA) is 38.7 Å². The molecule has 9 aromatic rings. The molecule has 290 valence electrons. The Balaban J connectivity index is 1.27. The molecule has 0 amide bonds. The summed E-state index contributed by atoms with van der Waals surface area (Å²) in [5, 5.41) is 2.88. The van der Waals surface area contributed by atoms with Crippen molar-refractivity contribution in [3.05, 3.63) is 84.9 Å². The predicted molar refractivity (Wildman–Crippen MR) is 328 cm³/mol. The third-order valence-corrected chi connectivity index (χ3v) is 16.6. The summed E-state index contributed by atoms with van der Waals surface area (Å²) in [6.07, 6.45) is 0.